The molecule has 0 fully saturated rings. The van der Waals surface area contributed by atoms with E-state index < -0.39 is 0 Å². The van der Waals surface area contributed by atoms with E-state index in [0.29, 0.717) is 0 Å². The highest BCUT2D eigenvalue weighted by molar-refractivity contribution is 5.25. The van der Waals surface area contributed by atoms with Crippen molar-refractivity contribution in [3.63, 3.8) is 0 Å². The molecule has 0 amide bonds. The Balaban J connectivity index is 3.97. The summed E-state index contributed by atoms with van der Waals surface area (Å²) in [6.07, 6.45) is 9.57. The lowest BCUT2D eigenvalue weighted by Gasteiger charge is -2.36. The SMILES string of the molecule is CCC[N+](CC)(CC)CCCCC#CC#CCCCC[N+](CC)(CC)CCC. The van der Waals surface area contributed by atoms with Gasteiger partial charge in [-0.1, -0.05) is 25.7 Å². The van der Waals surface area contributed by atoms with Crippen LogP contribution in [0.15, 0.2) is 0 Å². The fourth-order valence-corrected chi connectivity index (χ4v) is 4.42. The Labute approximate surface area is 178 Å². The average Bonchev–Trinajstić information content (AvgIpc) is 2.73. The van der Waals surface area contributed by atoms with E-state index in [-0.39, 0.29) is 0 Å². The third kappa shape index (κ3) is 11.1. The zero-order valence-corrected chi connectivity index (χ0v) is 20.2. The van der Waals surface area contributed by atoms with Gasteiger partial charge in [0.1, 0.15) is 0 Å². The summed E-state index contributed by atoms with van der Waals surface area (Å²) in [5.41, 5.74) is 0. The van der Waals surface area contributed by atoms with Gasteiger partial charge in [0.2, 0.25) is 0 Å². The number of quaternary nitrogens is 2. The Kier molecular flexibility index (Phi) is 16.4. The highest BCUT2D eigenvalue weighted by Crippen LogP contribution is 2.12. The summed E-state index contributed by atoms with van der Waals surface area (Å²) in [6.45, 7) is 24.2. The van der Waals surface area contributed by atoms with E-state index in [2.05, 4.69) is 65.2 Å². The molecule has 0 aromatic carbocycles. The highest BCUT2D eigenvalue weighted by Gasteiger charge is 2.21. The molecule has 0 heterocycles. The van der Waals surface area contributed by atoms with E-state index >= 15 is 0 Å². The minimum Gasteiger partial charge on any atom is -0.324 e. The van der Waals surface area contributed by atoms with Gasteiger partial charge in [-0.25, -0.2) is 0 Å². The molecule has 0 aliphatic rings. The van der Waals surface area contributed by atoms with Crippen molar-refractivity contribution >= 4 is 0 Å². The molecule has 0 saturated heterocycles. The van der Waals surface area contributed by atoms with Crippen molar-refractivity contribution in [2.45, 2.75) is 92.9 Å². The van der Waals surface area contributed by atoms with Crippen LogP contribution >= 0.6 is 0 Å². The molecule has 28 heavy (non-hydrogen) atoms. The van der Waals surface area contributed by atoms with E-state index in [1.165, 1.54) is 99.8 Å². The van der Waals surface area contributed by atoms with Crippen molar-refractivity contribution in [1.29, 1.82) is 0 Å². The van der Waals surface area contributed by atoms with Crippen molar-refractivity contribution in [1.82, 2.24) is 0 Å². The standard InChI is InChI=1S/C26H50N2/c1-7-23-27(9-3,10-4)25-21-19-17-15-13-14-16-18-20-22-26-28(11-5,12-6)24-8-2/h7-12,17-26H2,1-6H3/q+2. The molecular weight excluding hydrogens is 340 g/mol. The van der Waals surface area contributed by atoms with Crippen molar-refractivity contribution in [3.05, 3.63) is 0 Å². The van der Waals surface area contributed by atoms with E-state index in [0.717, 1.165) is 12.8 Å². The Morgan fingerprint density at radius 1 is 0.464 bits per heavy atom. The first-order chi connectivity index (χ1) is 13.6. The zero-order chi connectivity index (χ0) is 21.1. The lowest BCUT2D eigenvalue weighted by atomic mass is 10.2. The second kappa shape index (κ2) is 16.9. The summed E-state index contributed by atoms with van der Waals surface area (Å²) >= 11 is 0. The summed E-state index contributed by atoms with van der Waals surface area (Å²) in [4.78, 5) is 0. The summed E-state index contributed by atoms with van der Waals surface area (Å²) in [7, 11) is 0. The lowest BCUT2D eigenvalue weighted by molar-refractivity contribution is -0.925. The maximum Gasteiger partial charge on any atom is 0.0786 e. The minimum atomic E-state index is 0.998. The topological polar surface area (TPSA) is 0 Å². The van der Waals surface area contributed by atoms with Gasteiger partial charge in [-0.05, 0) is 78.1 Å². The van der Waals surface area contributed by atoms with Crippen LogP contribution in [-0.4, -0.2) is 61.3 Å². The molecule has 0 rings (SSSR count). The normalized spacial score (nSPS) is 11.5. The molecule has 0 bridgehead atoms. The van der Waals surface area contributed by atoms with Crippen LogP contribution in [0.3, 0.4) is 0 Å². The van der Waals surface area contributed by atoms with Crippen molar-refractivity contribution < 1.29 is 8.97 Å². The van der Waals surface area contributed by atoms with Gasteiger partial charge in [0.25, 0.3) is 0 Å². The summed E-state index contributed by atoms with van der Waals surface area (Å²) in [5, 5.41) is 0. The van der Waals surface area contributed by atoms with Gasteiger partial charge in [0.05, 0.1) is 52.4 Å². The van der Waals surface area contributed by atoms with Crippen molar-refractivity contribution in [3.8, 4) is 23.7 Å². The monoisotopic (exact) mass is 390 g/mol. The largest absolute Gasteiger partial charge is 0.324 e. The predicted molar refractivity (Wildman–Crippen MR) is 126 cm³/mol. The summed E-state index contributed by atoms with van der Waals surface area (Å²) < 4.78 is 2.55. The molecule has 0 spiro atoms. The first-order valence-corrected chi connectivity index (χ1v) is 12.2. The first-order valence-electron chi connectivity index (χ1n) is 12.2. The van der Waals surface area contributed by atoms with E-state index in [4.69, 9.17) is 0 Å². The van der Waals surface area contributed by atoms with Crippen LogP contribution in [0.5, 0.6) is 0 Å². The van der Waals surface area contributed by atoms with Gasteiger partial charge < -0.3 is 8.97 Å². The number of rotatable bonds is 16. The first kappa shape index (κ1) is 27.0. The Morgan fingerprint density at radius 2 is 0.821 bits per heavy atom. The van der Waals surface area contributed by atoms with Crippen LogP contribution in [-0.2, 0) is 0 Å². The van der Waals surface area contributed by atoms with Gasteiger partial charge in [-0.3, -0.25) is 0 Å². The molecule has 0 aliphatic carbocycles. The van der Waals surface area contributed by atoms with Crippen LogP contribution < -0.4 is 0 Å². The van der Waals surface area contributed by atoms with Crippen molar-refractivity contribution in [2.75, 3.05) is 52.4 Å². The van der Waals surface area contributed by atoms with E-state index in [1.807, 2.05) is 0 Å². The molecule has 0 aliphatic heterocycles. The third-order valence-electron chi connectivity index (χ3n) is 6.69. The molecule has 0 aromatic heterocycles. The fraction of sp³-hybridized carbons (Fsp3) is 0.846. The molecule has 0 saturated carbocycles. The molecule has 2 nitrogen and oxygen atoms in total. The summed E-state index contributed by atoms with van der Waals surface area (Å²) in [5.74, 6) is 12.6. The predicted octanol–water partition coefficient (Wildman–Crippen LogP) is 5.87. The van der Waals surface area contributed by atoms with E-state index in [1.54, 1.807) is 0 Å². The van der Waals surface area contributed by atoms with Crippen LogP contribution in [0.25, 0.3) is 0 Å². The number of unbranched alkanes of at least 4 members (excludes halogenated alkanes) is 4. The Hall–Kier alpha value is -0.960. The Morgan fingerprint density at radius 3 is 1.11 bits per heavy atom. The number of hydrogen-bond donors (Lipinski definition) is 0. The minimum absolute atomic E-state index is 0.998. The maximum atomic E-state index is 3.26. The van der Waals surface area contributed by atoms with Crippen molar-refractivity contribution in [2.24, 2.45) is 0 Å². The fourth-order valence-electron chi connectivity index (χ4n) is 4.42. The molecule has 162 valence electrons. The van der Waals surface area contributed by atoms with Crippen LogP contribution in [0.4, 0.5) is 0 Å². The average molecular weight is 391 g/mol. The maximum absolute atomic E-state index is 3.26. The van der Waals surface area contributed by atoms with Crippen LogP contribution in [0.2, 0.25) is 0 Å². The number of hydrogen-bond acceptors (Lipinski definition) is 0. The Bertz CT molecular complexity index is 432. The molecule has 2 heteroatoms. The quantitative estimate of drug-likeness (QED) is 0.176. The molecular formula is C26H50N2+2. The van der Waals surface area contributed by atoms with Gasteiger partial charge in [0.15, 0.2) is 0 Å². The van der Waals surface area contributed by atoms with Gasteiger partial charge in [-0.2, -0.15) is 0 Å². The van der Waals surface area contributed by atoms with Gasteiger partial charge in [0, 0.05) is 12.8 Å². The second-order valence-corrected chi connectivity index (χ2v) is 8.36. The smallest absolute Gasteiger partial charge is 0.0786 e. The molecule has 0 atom stereocenters. The zero-order valence-electron chi connectivity index (χ0n) is 20.2. The highest BCUT2D eigenvalue weighted by atomic mass is 15.3. The second-order valence-electron chi connectivity index (χ2n) is 8.36. The van der Waals surface area contributed by atoms with Crippen LogP contribution in [0.1, 0.15) is 92.9 Å². The molecule has 0 unspecified atom stereocenters. The molecule has 0 radical (unpaired) electrons. The summed E-state index contributed by atoms with van der Waals surface area (Å²) in [6, 6.07) is 0. The third-order valence-corrected chi connectivity index (χ3v) is 6.69. The lowest BCUT2D eigenvalue weighted by Crippen LogP contribution is -2.48. The van der Waals surface area contributed by atoms with Gasteiger partial charge >= 0.3 is 0 Å². The molecule has 0 aromatic rings. The van der Waals surface area contributed by atoms with Gasteiger partial charge in [-0.15, -0.1) is 0 Å². The number of nitrogens with zero attached hydrogens (tertiary/aromatic N) is 2. The van der Waals surface area contributed by atoms with Crippen LogP contribution in [0, 0.1) is 23.7 Å². The molecule has 0 N–H and O–H groups in total. The van der Waals surface area contributed by atoms with E-state index in [9.17, 15) is 0 Å².